The van der Waals surface area contributed by atoms with Gasteiger partial charge in [0.1, 0.15) is 5.65 Å². The van der Waals surface area contributed by atoms with Crippen molar-refractivity contribution in [2.45, 2.75) is 6.92 Å². The average molecular weight is 277 g/mol. The number of aromatic nitrogens is 2. The number of rotatable bonds is 1. The second-order valence-corrected chi connectivity index (χ2v) is 4.96. The van der Waals surface area contributed by atoms with Crippen LogP contribution in [0, 0.1) is 6.92 Å². The largest absolute Gasteiger partial charge is 0.306 e. The third-order valence-corrected chi connectivity index (χ3v) is 3.53. The maximum Gasteiger partial charge on any atom is 0.140 e. The van der Waals surface area contributed by atoms with E-state index in [1.807, 2.05) is 54.0 Å². The third kappa shape index (κ3) is 1.78. The molecule has 0 N–H and O–H groups in total. The first-order valence-electron chi connectivity index (χ1n) is 5.55. The SMILES string of the molecule is Cc1cccn2cc(-c3c(Cl)cccc3Cl)nc12. The molecule has 3 rings (SSSR count). The minimum absolute atomic E-state index is 0.614. The van der Waals surface area contributed by atoms with Gasteiger partial charge in [-0.1, -0.05) is 35.3 Å². The van der Waals surface area contributed by atoms with Crippen LogP contribution >= 0.6 is 23.2 Å². The van der Waals surface area contributed by atoms with Crippen LogP contribution in [0.25, 0.3) is 16.9 Å². The van der Waals surface area contributed by atoms with Gasteiger partial charge in [-0.2, -0.15) is 0 Å². The Hall–Kier alpha value is -1.51. The van der Waals surface area contributed by atoms with Gasteiger partial charge in [-0.05, 0) is 30.7 Å². The summed E-state index contributed by atoms with van der Waals surface area (Å²) in [5, 5.41) is 1.23. The zero-order valence-corrected chi connectivity index (χ0v) is 11.2. The number of fused-ring (bicyclic) bond motifs is 1. The fraction of sp³-hybridized carbons (Fsp3) is 0.0714. The molecule has 2 nitrogen and oxygen atoms in total. The summed E-state index contributed by atoms with van der Waals surface area (Å²) in [4.78, 5) is 4.60. The van der Waals surface area contributed by atoms with Crippen molar-refractivity contribution in [3.63, 3.8) is 0 Å². The molecule has 0 aliphatic rings. The van der Waals surface area contributed by atoms with Gasteiger partial charge >= 0.3 is 0 Å². The lowest BCUT2D eigenvalue weighted by molar-refractivity contribution is 1.16. The Morgan fingerprint density at radius 2 is 1.78 bits per heavy atom. The van der Waals surface area contributed by atoms with Crippen molar-refractivity contribution in [1.82, 2.24) is 9.38 Å². The molecule has 0 aliphatic carbocycles. The van der Waals surface area contributed by atoms with E-state index in [1.54, 1.807) is 0 Å². The topological polar surface area (TPSA) is 17.3 Å². The Morgan fingerprint density at radius 3 is 2.44 bits per heavy atom. The molecule has 0 bridgehead atoms. The number of benzene rings is 1. The van der Waals surface area contributed by atoms with Crippen LogP contribution in [0.2, 0.25) is 10.0 Å². The molecule has 2 heterocycles. The maximum atomic E-state index is 6.20. The number of halogens is 2. The lowest BCUT2D eigenvalue weighted by Crippen LogP contribution is -1.84. The summed E-state index contributed by atoms with van der Waals surface area (Å²) in [5.41, 5.74) is 3.61. The van der Waals surface area contributed by atoms with E-state index in [1.165, 1.54) is 0 Å². The second-order valence-electron chi connectivity index (χ2n) is 4.14. The fourth-order valence-electron chi connectivity index (χ4n) is 2.02. The molecule has 0 atom stereocenters. The van der Waals surface area contributed by atoms with Crippen LogP contribution in [0.5, 0.6) is 0 Å². The van der Waals surface area contributed by atoms with Gasteiger partial charge < -0.3 is 4.40 Å². The zero-order valence-electron chi connectivity index (χ0n) is 9.69. The van der Waals surface area contributed by atoms with E-state index in [2.05, 4.69) is 4.98 Å². The van der Waals surface area contributed by atoms with E-state index in [-0.39, 0.29) is 0 Å². The van der Waals surface area contributed by atoms with Crippen molar-refractivity contribution < 1.29 is 0 Å². The molecule has 4 heteroatoms. The van der Waals surface area contributed by atoms with Gasteiger partial charge in [0.05, 0.1) is 15.7 Å². The van der Waals surface area contributed by atoms with Crippen molar-refractivity contribution in [2.24, 2.45) is 0 Å². The number of aryl methyl sites for hydroxylation is 1. The molecule has 90 valence electrons. The van der Waals surface area contributed by atoms with Crippen LogP contribution in [-0.4, -0.2) is 9.38 Å². The van der Waals surface area contributed by atoms with Crippen molar-refractivity contribution in [3.05, 3.63) is 58.3 Å². The van der Waals surface area contributed by atoms with Crippen molar-refractivity contribution in [1.29, 1.82) is 0 Å². The Kier molecular flexibility index (Phi) is 2.77. The molecule has 0 saturated carbocycles. The monoisotopic (exact) mass is 276 g/mol. The van der Waals surface area contributed by atoms with Gasteiger partial charge in [-0.25, -0.2) is 4.98 Å². The third-order valence-electron chi connectivity index (χ3n) is 2.90. The minimum atomic E-state index is 0.614. The maximum absolute atomic E-state index is 6.20. The molecular formula is C14H10Cl2N2. The number of hydrogen-bond acceptors (Lipinski definition) is 1. The Bertz CT molecular complexity index is 711. The predicted octanol–water partition coefficient (Wildman–Crippen LogP) is 4.62. The molecular weight excluding hydrogens is 267 g/mol. The summed E-state index contributed by atoms with van der Waals surface area (Å²) >= 11 is 12.4. The lowest BCUT2D eigenvalue weighted by atomic mass is 10.2. The molecule has 0 spiro atoms. The quantitative estimate of drug-likeness (QED) is 0.634. The molecule has 0 amide bonds. The second kappa shape index (κ2) is 4.30. The fourth-order valence-corrected chi connectivity index (χ4v) is 2.61. The van der Waals surface area contributed by atoms with Crippen molar-refractivity contribution >= 4 is 28.8 Å². The highest BCUT2D eigenvalue weighted by Gasteiger charge is 2.12. The van der Waals surface area contributed by atoms with E-state index in [0.29, 0.717) is 10.0 Å². The normalized spacial score (nSPS) is 11.1. The van der Waals surface area contributed by atoms with Crippen LogP contribution < -0.4 is 0 Å². The summed E-state index contributed by atoms with van der Waals surface area (Å²) in [6, 6.07) is 9.48. The molecule has 0 radical (unpaired) electrons. The Balaban J connectivity index is 2.30. The van der Waals surface area contributed by atoms with Gasteiger partial charge in [-0.3, -0.25) is 0 Å². The zero-order chi connectivity index (χ0) is 12.7. The summed E-state index contributed by atoms with van der Waals surface area (Å²) in [7, 11) is 0. The van der Waals surface area contributed by atoms with Crippen molar-refractivity contribution in [3.8, 4) is 11.3 Å². The number of pyridine rings is 1. The molecule has 18 heavy (non-hydrogen) atoms. The highest BCUT2D eigenvalue weighted by Crippen LogP contribution is 2.34. The first-order valence-corrected chi connectivity index (χ1v) is 6.31. The average Bonchev–Trinajstić information content (AvgIpc) is 2.74. The standard InChI is InChI=1S/C14H10Cl2N2/c1-9-4-3-7-18-8-12(17-14(9)18)13-10(15)5-2-6-11(13)16/h2-8H,1H3. The minimum Gasteiger partial charge on any atom is -0.306 e. The molecule has 1 aromatic carbocycles. The van der Waals surface area contributed by atoms with Crippen LogP contribution in [0.1, 0.15) is 5.56 Å². The smallest absolute Gasteiger partial charge is 0.140 e. The predicted molar refractivity (Wildman–Crippen MR) is 75.4 cm³/mol. The molecule has 3 aromatic rings. The van der Waals surface area contributed by atoms with Crippen molar-refractivity contribution in [2.75, 3.05) is 0 Å². The van der Waals surface area contributed by atoms with Gasteiger partial charge in [0.2, 0.25) is 0 Å². The molecule has 2 aromatic heterocycles. The number of hydrogen-bond donors (Lipinski definition) is 0. The van der Waals surface area contributed by atoms with Gasteiger partial charge in [0.25, 0.3) is 0 Å². The summed E-state index contributed by atoms with van der Waals surface area (Å²) in [6.07, 6.45) is 3.90. The van der Waals surface area contributed by atoms with Gasteiger partial charge in [-0.15, -0.1) is 0 Å². The van der Waals surface area contributed by atoms with E-state index in [4.69, 9.17) is 23.2 Å². The summed E-state index contributed by atoms with van der Waals surface area (Å²) < 4.78 is 1.98. The first kappa shape index (κ1) is 11.6. The lowest BCUT2D eigenvalue weighted by Gasteiger charge is -2.02. The highest BCUT2D eigenvalue weighted by atomic mass is 35.5. The van der Waals surface area contributed by atoms with E-state index < -0.39 is 0 Å². The number of imidazole rings is 1. The highest BCUT2D eigenvalue weighted by molar-refractivity contribution is 6.39. The Morgan fingerprint density at radius 1 is 1.06 bits per heavy atom. The van der Waals surface area contributed by atoms with Crippen LogP contribution in [-0.2, 0) is 0 Å². The van der Waals surface area contributed by atoms with E-state index >= 15 is 0 Å². The van der Waals surface area contributed by atoms with Gasteiger partial charge in [0.15, 0.2) is 0 Å². The molecule has 0 saturated heterocycles. The molecule has 0 aliphatic heterocycles. The van der Waals surface area contributed by atoms with E-state index in [0.717, 1.165) is 22.5 Å². The number of nitrogens with zero attached hydrogens (tertiary/aromatic N) is 2. The van der Waals surface area contributed by atoms with Crippen LogP contribution in [0.3, 0.4) is 0 Å². The summed E-state index contributed by atoms with van der Waals surface area (Å²) in [5.74, 6) is 0. The van der Waals surface area contributed by atoms with E-state index in [9.17, 15) is 0 Å². The molecule has 0 fully saturated rings. The Labute approximate surface area is 115 Å². The molecule has 0 unspecified atom stereocenters. The summed E-state index contributed by atoms with van der Waals surface area (Å²) in [6.45, 7) is 2.03. The van der Waals surface area contributed by atoms with Crippen LogP contribution in [0.15, 0.2) is 42.7 Å². The first-order chi connectivity index (χ1) is 8.66. The van der Waals surface area contributed by atoms with Gasteiger partial charge in [0, 0.05) is 18.0 Å². The van der Waals surface area contributed by atoms with Crippen LogP contribution in [0.4, 0.5) is 0 Å².